The van der Waals surface area contributed by atoms with Crippen LogP contribution in [-0.2, 0) is 0 Å². The monoisotopic (exact) mass is 246 g/mol. The van der Waals surface area contributed by atoms with Gasteiger partial charge in [-0.25, -0.2) is 0 Å². The van der Waals surface area contributed by atoms with Crippen molar-refractivity contribution in [2.75, 3.05) is 26.2 Å². The Hall–Kier alpha value is -1.53. The molecule has 0 spiro atoms. The van der Waals surface area contributed by atoms with Crippen molar-refractivity contribution in [2.45, 2.75) is 26.7 Å². The Morgan fingerprint density at radius 1 is 1.06 bits per heavy atom. The van der Waals surface area contributed by atoms with E-state index in [1.165, 1.54) is 12.8 Å². The highest BCUT2D eigenvalue weighted by Crippen LogP contribution is 2.11. The van der Waals surface area contributed by atoms with E-state index in [1.807, 2.05) is 12.1 Å². The molecule has 3 heteroatoms. The molecule has 0 bridgehead atoms. The highest BCUT2D eigenvalue weighted by Gasteiger charge is 2.02. The van der Waals surface area contributed by atoms with Crippen molar-refractivity contribution >= 4 is 0 Å². The number of ether oxygens (including phenoxy) is 1. The van der Waals surface area contributed by atoms with Gasteiger partial charge in [-0.05, 0) is 50.2 Å². The molecular weight excluding hydrogens is 224 g/mol. The van der Waals surface area contributed by atoms with Crippen LogP contribution in [0.15, 0.2) is 24.3 Å². The van der Waals surface area contributed by atoms with Crippen LogP contribution in [-0.4, -0.2) is 31.1 Å². The Kier molecular flexibility index (Phi) is 6.90. The Bertz CT molecular complexity index is 361. The van der Waals surface area contributed by atoms with Gasteiger partial charge in [-0.1, -0.05) is 13.8 Å². The van der Waals surface area contributed by atoms with Gasteiger partial charge >= 0.3 is 0 Å². The molecule has 1 rings (SSSR count). The maximum absolute atomic E-state index is 8.70. The molecule has 0 amide bonds. The predicted octanol–water partition coefficient (Wildman–Crippen LogP) is 3.06. The summed E-state index contributed by atoms with van der Waals surface area (Å²) in [5.41, 5.74) is 0.668. The van der Waals surface area contributed by atoms with Crippen molar-refractivity contribution in [3.05, 3.63) is 29.8 Å². The van der Waals surface area contributed by atoms with Crippen LogP contribution in [0.2, 0.25) is 0 Å². The van der Waals surface area contributed by atoms with Gasteiger partial charge < -0.3 is 4.74 Å². The van der Waals surface area contributed by atoms with Gasteiger partial charge in [0.2, 0.25) is 0 Å². The average Bonchev–Trinajstić information content (AvgIpc) is 2.40. The molecule has 0 aliphatic carbocycles. The second-order valence-electron chi connectivity index (χ2n) is 4.33. The zero-order valence-electron chi connectivity index (χ0n) is 11.4. The van der Waals surface area contributed by atoms with Crippen LogP contribution in [0.1, 0.15) is 32.3 Å². The maximum Gasteiger partial charge on any atom is 0.119 e. The first-order valence-corrected chi connectivity index (χ1v) is 6.65. The molecule has 0 aromatic heterocycles. The molecule has 3 nitrogen and oxygen atoms in total. The minimum atomic E-state index is 0.668. The lowest BCUT2D eigenvalue weighted by Crippen LogP contribution is -2.30. The van der Waals surface area contributed by atoms with Gasteiger partial charge in [0.05, 0.1) is 11.6 Å². The van der Waals surface area contributed by atoms with Crippen LogP contribution in [0.25, 0.3) is 0 Å². The van der Waals surface area contributed by atoms with Crippen LogP contribution in [0, 0.1) is 11.3 Å². The zero-order chi connectivity index (χ0) is 13.2. The molecule has 1 aromatic carbocycles. The summed E-state index contributed by atoms with van der Waals surface area (Å²) in [5.74, 6) is 0.835. The standard InChI is InChI=1S/C15H22N2O/c1-3-9-17(10-4-2)11-12-18-15-7-5-14(13-16)6-8-15/h5-8H,3-4,9-12H2,1-2H3. The van der Waals surface area contributed by atoms with Crippen molar-refractivity contribution < 1.29 is 4.74 Å². The van der Waals surface area contributed by atoms with E-state index in [4.69, 9.17) is 10.00 Å². The van der Waals surface area contributed by atoms with Gasteiger partial charge in [0.25, 0.3) is 0 Å². The van der Waals surface area contributed by atoms with Gasteiger partial charge in [-0.2, -0.15) is 5.26 Å². The molecule has 0 atom stereocenters. The Morgan fingerprint density at radius 2 is 1.67 bits per heavy atom. The van der Waals surface area contributed by atoms with E-state index in [1.54, 1.807) is 12.1 Å². The van der Waals surface area contributed by atoms with Gasteiger partial charge in [0, 0.05) is 6.54 Å². The number of benzene rings is 1. The predicted molar refractivity (Wildman–Crippen MR) is 73.7 cm³/mol. The molecule has 1 aromatic rings. The van der Waals surface area contributed by atoms with Crippen molar-refractivity contribution in [3.8, 4) is 11.8 Å². The van der Waals surface area contributed by atoms with Crippen molar-refractivity contribution in [2.24, 2.45) is 0 Å². The first-order valence-electron chi connectivity index (χ1n) is 6.65. The summed E-state index contributed by atoms with van der Waals surface area (Å²) in [5, 5.41) is 8.70. The van der Waals surface area contributed by atoms with E-state index in [2.05, 4.69) is 24.8 Å². The lowest BCUT2D eigenvalue weighted by atomic mass is 10.2. The Balaban J connectivity index is 2.33. The lowest BCUT2D eigenvalue weighted by Gasteiger charge is -2.20. The van der Waals surface area contributed by atoms with Crippen LogP contribution >= 0.6 is 0 Å². The van der Waals surface area contributed by atoms with E-state index in [0.717, 1.165) is 25.4 Å². The summed E-state index contributed by atoms with van der Waals surface area (Å²) in [6.07, 6.45) is 2.35. The van der Waals surface area contributed by atoms with Crippen molar-refractivity contribution in [1.82, 2.24) is 4.90 Å². The molecule has 0 radical (unpaired) electrons. The minimum absolute atomic E-state index is 0.668. The van der Waals surface area contributed by atoms with Crippen LogP contribution in [0.4, 0.5) is 0 Å². The molecule has 0 aliphatic heterocycles. The summed E-state index contributed by atoms with van der Waals surface area (Å²) >= 11 is 0. The van der Waals surface area contributed by atoms with E-state index in [0.29, 0.717) is 12.2 Å². The zero-order valence-corrected chi connectivity index (χ0v) is 11.4. The third kappa shape index (κ3) is 5.20. The first-order chi connectivity index (χ1) is 8.80. The Morgan fingerprint density at radius 3 is 2.17 bits per heavy atom. The fraction of sp³-hybridized carbons (Fsp3) is 0.533. The van der Waals surface area contributed by atoms with Crippen molar-refractivity contribution in [3.63, 3.8) is 0 Å². The molecule has 0 N–H and O–H groups in total. The van der Waals surface area contributed by atoms with Gasteiger partial charge in [-0.3, -0.25) is 4.90 Å². The molecule has 0 aliphatic rings. The molecule has 0 saturated carbocycles. The van der Waals surface area contributed by atoms with E-state index in [-0.39, 0.29) is 0 Å². The number of hydrogen-bond acceptors (Lipinski definition) is 3. The van der Waals surface area contributed by atoms with E-state index < -0.39 is 0 Å². The molecule has 0 heterocycles. The van der Waals surface area contributed by atoms with Crippen LogP contribution in [0.3, 0.4) is 0 Å². The SMILES string of the molecule is CCCN(CCC)CCOc1ccc(C#N)cc1. The summed E-state index contributed by atoms with van der Waals surface area (Å²) in [6.45, 7) is 8.32. The lowest BCUT2D eigenvalue weighted by molar-refractivity contribution is 0.209. The van der Waals surface area contributed by atoms with Gasteiger partial charge in [0.1, 0.15) is 12.4 Å². The highest BCUT2D eigenvalue weighted by molar-refractivity contribution is 5.34. The third-order valence-corrected chi connectivity index (χ3v) is 2.74. The highest BCUT2D eigenvalue weighted by atomic mass is 16.5. The molecular formula is C15H22N2O. The first kappa shape index (κ1) is 14.5. The normalized spacial score (nSPS) is 10.3. The van der Waals surface area contributed by atoms with E-state index >= 15 is 0 Å². The quantitative estimate of drug-likeness (QED) is 0.707. The molecule has 98 valence electrons. The summed E-state index contributed by atoms with van der Waals surface area (Å²) in [6, 6.07) is 9.36. The number of nitrogens with zero attached hydrogens (tertiary/aromatic N) is 2. The van der Waals surface area contributed by atoms with Gasteiger partial charge in [0.15, 0.2) is 0 Å². The number of rotatable bonds is 8. The summed E-state index contributed by atoms with van der Waals surface area (Å²) < 4.78 is 5.68. The van der Waals surface area contributed by atoms with Crippen molar-refractivity contribution in [1.29, 1.82) is 5.26 Å². The second-order valence-corrected chi connectivity index (χ2v) is 4.33. The van der Waals surface area contributed by atoms with Gasteiger partial charge in [-0.15, -0.1) is 0 Å². The number of nitriles is 1. The molecule has 18 heavy (non-hydrogen) atoms. The second kappa shape index (κ2) is 8.54. The topological polar surface area (TPSA) is 36.3 Å². The summed E-state index contributed by atoms with van der Waals surface area (Å²) in [7, 11) is 0. The van der Waals surface area contributed by atoms with E-state index in [9.17, 15) is 0 Å². The molecule has 0 unspecified atom stereocenters. The fourth-order valence-corrected chi connectivity index (χ4v) is 1.89. The smallest absolute Gasteiger partial charge is 0.119 e. The minimum Gasteiger partial charge on any atom is -0.492 e. The van der Waals surface area contributed by atoms with Crippen LogP contribution < -0.4 is 4.74 Å². The number of hydrogen-bond donors (Lipinski definition) is 0. The maximum atomic E-state index is 8.70. The fourth-order valence-electron chi connectivity index (χ4n) is 1.89. The summed E-state index contributed by atoms with van der Waals surface area (Å²) in [4.78, 5) is 2.42. The molecule has 0 saturated heterocycles. The Labute approximate surface area is 110 Å². The average molecular weight is 246 g/mol. The van der Waals surface area contributed by atoms with Crippen LogP contribution in [0.5, 0.6) is 5.75 Å². The molecule has 0 fully saturated rings. The largest absolute Gasteiger partial charge is 0.492 e. The third-order valence-electron chi connectivity index (χ3n) is 2.74.